The van der Waals surface area contributed by atoms with Crippen LogP contribution in [0.25, 0.3) is 105 Å². The smallest absolute Gasteiger partial charge is 0.252 e. The molecule has 2 aliphatic heterocycles. The summed E-state index contributed by atoms with van der Waals surface area (Å²) in [6.45, 7) is 9.20. The highest BCUT2D eigenvalue weighted by Crippen LogP contribution is 2.52. The molecule has 1 N–H and O–H groups in total. The van der Waals surface area contributed by atoms with Crippen molar-refractivity contribution in [2.75, 3.05) is 10.2 Å². The molecule has 4 nitrogen and oxygen atoms in total. The zero-order chi connectivity index (χ0) is 56.9. The maximum absolute atomic E-state index is 6.67. The maximum Gasteiger partial charge on any atom is 0.252 e. The van der Waals surface area contributed by atoms with Gasteiger partial charge in [0, 0.05) is 66.7 Å². The predicted molar refractivity (Wildman–Crippen MR) is 362 cm³/mol. The average molecular weight is 1090 g/mol. The molecule has 85 heavy (non-hydrogen) atoms. The summed E-state index contributed by atoms with van der Waals surface area (Å²) in [4.78, 5) is 2.67. The Morgan fingerprint density at radius 2 is 0.988 bits per heavy atom. The molecule has 16 rings (SSSR count). The standard InChI is InChI=1S/C80H62BN3O/c1-5-6-25-55-46-76-66(62-36-21-24-39-75(62)85-76)50-63(55)67-44-57(52-28-13-8-14-29-52)45-69-78(67)82-70-47-58(80(2,3)4)48-74-77(70)81(69)68-41-40-59(83-71-37-22-19-34-60(71)61-35-20-23-38-72(61)83)49-73(68)84(74)79-64(53-30-15-9-16-31-53)42-56(51-26-11-7-12-27-51)43-65(79)54-32-17-10-18-33-54/h7-24,26-50,82H,5-6,25H2,1-4H3. The van der Waals surface area contributed by atoms with Gasteiger partial charge in [-0.1, -0.05) is 222 Å². The highest BCUT2D eigenvalue weighted by atomic mass is 16.3. The zero-order valence-electron chi connectivity index (χ0n) is 48.3. The van der Waals surface area contributed by atoms with Crippen LogP contribution in [-0.4, -0.2) is 11.3 Å². The van der Waals surface area contributed by atoms with E-state index in [0.29, 0.717) is 0 Å². The molecule has 0 unspecified atom stereocenters. The van der Waals surface area contributed by atoms with E-state index in [4.69, 9.17) is 4.42 Å². The average Bonchev–Trinajstić information content (AvgIpc) is 1.33. The molecule has 0 fully saturated rings. The summed E-state index contributed by atoms with van der Waals surface area (Å²) in [5.41, 5.74) is 28.9. The molecule has 0 bridgehead atoms. The van der Waals surface area contributed by atoms with Crippen molar-refractivity contribution in [3.8, 4) is 61.3 Å². The topological polar surface area (TPSA) is 33.3 Å². The van der Waals surface area contributed by atoms with Crippen LogP contribution in [0, 0.1) is 0 Å². The van der Waals surface area contributed by atoms with Crippen LogP contribution in [-0.2, 0) is 11.8 Å². The quantitative estimate of drug-likeness (QED) is 0.139. The largest absolute Gasteiger partial charge is 0.456 e. The van der Waals surface area contributed by atoms with E-state index in [1.54, 1.807) is 0 Å². The predicted octanol–water partition coefficient (Wildman–Crippen LogP) is 20.0. The number of furan rings is 1. The van der Waals surface area contributed by atoms with E-state index in [1.165, 1.54) is 82.8 Å². The van der Waals surface area contributed by atoms with Crippen LogP contribution in [0.4, 0.5) is 28.4 Å². The van der Waals surface area contributed by atoms with Crippen LogP contribution in [0.1, 0.15) is 51.7 Å². The van der Waals surface area contributed by atoms with E-state index < -0.39 is 0 Å². The first-order valence-corrected chi connectivity index (χ1v) is 30.2. The number of unbranched alkanes of at least 4 members (excludes halogenated alkanes) is 1. The van der Waals surface area contributed by atoms with E-state index >= 15 is 0 Å². The summed E-state index contributed by atoms with van der Waals surface area (Å²) in [5.74, 6) is 0. The maximum atomic E-state index is 6.67. The van der Waals surface area contributed by atoms with Gasteiger partial charge >= 0.3 is 0 Å². The number of nitrogens with one attached hydrogen (secondary N) is 1. The minimum atomic E-state index is -0.220. The second-order valence-electron chi connectivity index (χ2n) is 24.3. The van der Waals surface area contributed by atoms with Gasteiger partial charge in [-0.25, -0.2) is 0 Å². The Morgan fingerprint density at radius 3 is 1.60 bits per heavy atom. The molecule has 0 saturated carbocycles. The Labute approximate surface area is 497 Å². The Bertz CT molecular complexity index is 4820. The molecule has 0 amide bonds. The number of fused-ring (bicyclic) bond motifs is 10. The fourth-order valence-electron chi connectivity index (χ4n) is 14.0. The first-order valence-electron chi connectivity index (χ1n) is 30.2. The first-order chi connectivity index (χ1) is 41.8. The molecule has 0 spiro atoms. The Kier molecular flexibility index (Phi) is 12.0. The lowest BCUT2D eigenvalue weighted by Gasteiger charge is -2.43. The van der Waals surface area contributed by atoms with Crippen LogP contribution in [0.5, 0.6) is 0 Å². The molecule has 2 aromatic heterocycles. The fraction of sp³-hybridized carbons (Fsp3) is 0.100. The van der Waals surface area contributed by atoms with Gasteiger partial charge in [0.25, 0.3) is 6.71 Å². The molecule has 0 radical (unpaired) electrons. The molecule has 0 saturated heterocycles. The third-order valence-corrected chi connectivity index (χ3v) is 18.1. The van der Waals surface area contributed by atoms with Crippen molar-refractivity contribution in [2.24, 2.45) is 0 Å². The van der Waals surface area contributed by atoms with Gasteiger partial charge in [-0.3, -0.25) is 0 Å². The molecular weight excluding hydrogens is 1030 g/mol. The number of nitrogens with zero attached hydrogens (tertiary/aromatic N) is 2. The van der Waals surface area contributed by atoms with E-state index in [1.807, 2.05) is 0 Å². The SMILES string of the molecule is CCCCc1cc2oc3ccccc3c2cc1-c1cc(-c2ccccc2)cc2c1Nc1cc(C(C)(C)C)cc3c1B2c1ccc(-n2c4ccccc4c4ccccc42)cc1N3c1c(-c2ccccc2)cc(-c2ccccc2)cc1-c1ccccc1. The van der Waals surface area contributed by atoms with E-state index in [2.05, 4.69) is 303 Å². The van der Waals surface area contributed by atoms with Crippen molar-refractivity contribution >= 4 is 95.3 Å². The molecule has 5 heteroatoms. The van der Waals surface area contributed by atoms with Crippen molar-refractivity contribution in [3.63, 3.8) is 0 Å². The normalized spacial score (nSPS) is 12.7. The number of aromatic nitrogens is 1. The Balaban J connectivity index is 1.05. The summed E-state index contributed by atoms with van der Waals surface area (Å²) in [7, 11) is 0. The van der Waals surface area contributed by atoms with E-state index in [-0.39, 0.29) is 12.1 Å². The van der Waals surface area contributed by atoms with Gasteiger partial charge in [0.2, 0.25) is 0 Å². The second kappa shape index (κ2) is 20.1. The monoisotopic (exact) mass is 1090 g/mol. The van der Waals surface area contributed by atoms with Crippen molar-refractivity contribution in [2.45, 2.75) is 52.4 Å². The summed E-state index contributed by atoms with van der Waals surface area (Å²) in [5, 5.41) is 9.09. The lowest BCUT2D eigenvalue weighted by Crippen LogP contribution is -2.60. The first kappa shape index (κ1) is 50.6. The van der Waals surface area contributed by atoms with Crippen molar-refractivity contribution < 1.29 is 4.42 Å². The van der Waals surface area contributed by atoms with Gasteiger partial charge in [0.05, 0.1) is 16.7 Å². The van der Waals surface area contributed by atoms with Gasteiger partial charge in [-0.15, -0.1) is 0 Å². The van der Waals surface area contributed by atoms with Crippen LogP contribution in [0.2, 0.25) is 0 Å². The number of rotatable bonds is 10. The van der Waals surface area contributed by atoms with Gasteiger partial charge in [-0.2, -0.15) is 0 Å². The highest BCUT2D eigenvalue weighted by molar-refractivity contribution is 7.00. The van der Waals surface area contributed by atoms with Crippen LogP contribution in [0.3, 0.4) is 0 Å². The number of hydrogen-bond acceptors (Lipinski definition) is 3. The third-order valence-electron chi connectivity index (χ3n) is 18.1. The van der Waals surface area contributed by atoms with Crippen molar-refractivity contribution in [1.29, 1.82) is 0 Å². The summed E-state index contributed by atoms with van der Waals surface area (Å²) in [6, 6.07) is 97.3. The Hall–Kier alpha value is -10.1. The molecule has 406 valence electrons. The third kappa shape index (κ3) is 8.35. The molecule has 0 atom stereocenters. The van der Waals surface area contributed by atoms with E-state index in [0.717, 1.165) is 97.5 Å². The van der Waals surface area contributed by atoms with Gasteiger partial charge < -0.3 is 19.2 Å². The lowest BCUT2D eigenvalue weighted by molar-refractivity contribution is 0.591. The summed E-state index contributed by atoms with van der Waals surface area (Å²) >= 11 is 0. The number of benzene rings is 12. The summed E-state index contributed by atoms with van der Waals surface area (Å²) in [6.07, 6.45) is 3.08. The molecule has 4 heterocycles. The van der Waals surface area contributed by atoms with Gasteiger partial charge in [0.1, 0.15) is 11.2 Å². The van der Waals surface area contributed by atoms with Crippen molar-refractivity contribution in [3.05, 3.63) is 272 Å². The number of anilines is 5. The van der Waals surface area contributed by atoms with Gasteiger partial charge in [0.15, 0.2) is 0 Å². The fourth-order valence-corrected chi connectivity index (χ4v) is 14.0. The van der Waals surface area contributed by atoms with Crippen LogP contribution >= 0.6 is 0 Å². The minimum Gasteiger partial charge on any atom is -0.456 e. The molecule has 0 aliphatic carbocycles. The molecule has 2 aliphatic rings. The summed E-state index contributed by atoms with van der Waals surface area (Å²) < 4.78 is 9.15. The van der Waals surface area contributed by atoms with E-state index in [9.17, 15) is 0 Å². The number of para-hydroxylation sites is 3. The molecule has 14 aromatic rings. The molecular formula is C80H62BN3O. The molecule has 12 aromatic carbocycles. The van der Waals surface area contributed by atoms with Crippen LogP contribution in [0.15, 0.2) is 265 Å². The highest BCUT2D eigenvalue weighted by Gasteiger charge is 2.44. The number of aryl methyl sites for hydroxylation is 1. The van der Waals surface area contributed by atoms with Gasteiger partial charge in [-0.05, 0) is 158 Å². The second-order valence-corrected chi connectivity index (χ2v) is 24.3. The Morgan fingerprint density at radius 1 is 0.435 bits per heavy atom. The lowest BCUT2D eigenvalue weighted by atomic mass is 9.33. The minimum absolute atomic E-state index is 0.169. The van der Waals surface area contributed by atoms with Crippen LogP contribution < -0.4 is 26.6 Å². The number of hydrogen-bond donors (Lipinski definition) is 1. The van der Waals surface area contributed by atoms with Crippen molar-refractivity contribution in [1.82, 2.24) is 4.57 Å². The zero-order valence-corrected chi connectivity index (χ0v) is 48.3.